The van der Waals surface area contributed by atoms with Crippen LogP contribution in [0.15, 0.2) is 0 Å². The molecule has 0 aromatic rings. The lowest BCUT2D eigenvalue weighted by Crippen LogP contribution is -1.91. The summed E-state index contributed by atoms with van der Waals surface area (Å²) in [5.74, 6) is 0. The molecule has 0 radical (unpaired) electrons. The van der Waals surface area contributed by atoms with Crippen LogP contribution in [-0.2, 0) is 22.3 Å². The van der Waals surface area contributed by atoms with Gasteiger partial charge in [-0.1, -0.05) is 0 Å². The maximum absolute atomic E-state index is 10.4. The Labute approximate surface area is 101 Å². The second-order valence-corrected chi connectivity index (χ2v) is 5.82. The second kappa shape index (κ2) is 6.89. The Bertz CT molecular complexity index is 283. The van der Waals surface area contributed by atoms with Gasteiger partial charge >= 0.3 is 23.5 Å². The molecule has 0 amide bonds. The molecule has 0 aliphatic carbocycles. The van der Waals surface area contributed by atoms with E-state index in [-0.39, 0.29) is 30.9 Å². The maximum Gasteiger partial charge on any atom is 0.490 e. The third-order valence-corrected chi connectivity index (χ3v) is 3.77. The zero-order valence-electron chi connectivity index (χ0n) is 6.12. The summed E-state index contributed by atoms with van der Waals surface area (Å²) in [4.78, 5) is 40.2. The van der Waals surface area contributed by atoms with Crippen LogP contribution in [0.4, 0.5) is 0 Å². The summed E-state index contributed by atoms with van der Waals surface area (Å²) in [6.07, 6.45) is 0. The molecular weight excluding hydrogens is 312 g/mol. The molecule has 0 bridgehead atoms. The molecule has 0 aromatic heterocycles. The minimum absolute atomic E-state index is 0. The fraction of sp³-hybridized carbons (Fsp3) is 0. The van der Waals surface area contributed by atoms with Gasteiger partial charge in [0.15, 0.2) is 17.4 Å². The van der Waals surface area contributed by atoms with Crippen LogP contribution in [0.5, 0.6) is 0 Å². The molecule has 0 saturated carbocycles. The quantitative estimate of drug-likeness (QED) is 0.295. The summed E-state index contributed by atoms with van der Waals surface area (Å²) in [5.41, 5.74) is 0. The van der Waals surface area contributed by atoms with Crippen molar-refractivity contribution >= 4 is 54.3 Å². The number of hydrogen-bond acceptors (Lipinski definition) is 5. The lowest BCUT2D eigenvalue weighted by atomic mass is 15.7. The summed E-state index contributed by atoms with van der Waals surface area (Å²) < 4.78 is 36.4. The fourth-order valence-electron chi connectivity index (χ4n) is 0.284. The van der Waals surface area contributed by atoms with Crippen molar-refractivity contribution in [2.75, 3.05) is 0 Å². The number of hydrogen-bond donors (Lipinski definition) is 5. The third kappa shape index (κ3) is 15.3. The zero-order chi connectivity index (χ0) is 10.9. The Balaban J connectivity index is -0.000000720. The predicted molar refractivity (Wildman–Crippen MR) is 56.4 cm³/mol. The van der Waals surface area contributed by atoms with Crippen LogP contribution >= 0.6 is 37.0 Å². The lowest BCUT2D eigenvalue weighted by Gasteiger charge is -2.11. The van der Waals surface area contributed by atoms with Crippen LogP contribution in [0.1, 0.15) is 0 Å². The molecule has 15 heavy (non-hydrogen) atoms. The Hall–Kier alpha value is 1.29. The van der Waals surface area contributed by atoms with Crippen molar-refractivity contribution in [1.82, 2.24) is 0 Å². The van der Waals surface area contributed by atoms with Crippen molar-refractivity contribution in [2.45, 2.75) is 0 Å². The predicted octanol–water partition coefficient (Wildman–Crippen LogP) is -1.77. The standard InChI is InChI=1S/Al.H5O10P3.H2S.3H/c;1-11(2,3)9-13(7,8)10-12(4,5)6;;;;/h;(H,7,8)(H2,1,2,3)(H2,4,5,6);1H2;;;. The van der Waals surface area contributed by atoms with Gasteiger partial charge in [-0.25, -0.2) is 13.7 Å². The van der Waals surface area contributed by atoms with E-state index in [0.29, 0.717) is 0 Å². The van der Waals surface area contributed by atoms with Gasteiger partial charge in [0, 0.05) is 0 Å². The minimum atomic E-state index is -5.46. The largest absolute Gasteiger partial charge is 0.490 e. The summed E-state index contributed by atoms with van der Waals surface area (Å²) in [5, 5.41) is 0. The van der Waals surface area contributed by atoms with Crippen LogP contribution in [0.3, 0.4) is 0 Å². The van der Waals surface area contributed by atoms with Gasteiger partial charge < -0.3 is 24.5 Å². The smallest absolute Gasteiger partial charge is 0.302 e. The summed E-state index contributed by atoms with van der Waals surface area (Å²) in [7, 11) is -16.2. The van der Waals surface area contributed by atoms with E-state index >= 15 is 0 Å². The first-order valence-corrected chi connectivity index (χ1v) is 6.83. The highest BCUT2D eigenvalue weighted by molar-refractivity contribution is 7.66. The molecule has 0 aliphatic heterocycles. The van der Waals surface area contributed by atoms with Crippen molar-refractivity contribution < 1.29 is 46.8 Å². The van der Waals surface area contributed by atoms with Gasteiger partial charge in [0.2, 0.25) is 0 Å². The van der Waals surface area contributed by atoms with Crippen molar-refractivity contribution in [3.8, 4) is 0 Å². The van der Waals surface area contributed by atoms with E-state index in [1.807, 2.05) is 0 Å². The fourth-order valence-corrected chi connectivity index (χ4v) is 2.82. The van der Waals surface area contributed by atoms with E-state index in [1.54, 1.807) is 0 Å². The molecule has 0 atom stereocenters. The normalized spacial score (nSPS) is 12.6. The average molecular weight is 322 g/mol. The lowest BCUT2D eigenvalue weighted by molar-refractivity contribution is 0.204. The molecule has 10 nitrogen and oxygen atoms in total. The molecule has 0 unspecified atom stereocenters. The van der Waals surface area contributed by atoms with Crippen LogP contribution < -0.4 is 0 Å². The van der Waals surface area contributed by atoms with E-state index in [0.717, 1.165) is 0 Å². The Morgan fingerprint density at radius 3 is 1.07 bits per heavy atom. The first-order valence-electron chi connectivity index (χ1n) is 2.28. The SMILES string of the molecule is O=P(O)(O)OP(=O)(O)OP(=O)(O)O.S.[AlH3]. The van der Waals surface area contributed by atoms with E-state index < -0.39 is 23.5 Å². The van der Waals surface area contributed by atoms with Crippen molar-refractivity contribution in [3.05, 3.63) is 0 Å². The highest BCUT2D eigenvalue weighted by atomic mass is 32.1. The van der Waals surface area contributed by atoms with Crippen molar-refractivity contribution in [3.63, 3.8) is 0 Å². The summed E-state index contributed by atoms with van der Waals surface area (Å²) in [6, 6.07) is 0. The zero-order valence-corrected chi connectivity index (χ0v) is 9.80. The second-order valence-electron chi connectivity index (χ2n) is 1.61. The van der Waals surface area contributed by atoms with Gasteiger partial charge in [-0.3, -0.25) is 0 Å². The van der Waals surface area contributed by atoms with E-state index in [1.165, 1.54) is 0 Å². The summed E-state index contributed by atoms with van der Waals surface area (Å²) >= 11 is 0. The van der Waals surface area contributed by atoms with Crippen LogP contribution in [0.2, 0.25) is 0 Å². The van der Waals surface area contributed by atoms with Crippen molar-refractivity contribution in [1.29, 1.82) is 0 Å². The summed E-state index contributed by atoms with van der Waals surface area (Å²) in [6.45, 7) is 0. The Morgan fingerprint density at radius 1 is 0.733 bits per heavy atom. The van der Waals surface area contributed by atoms with Gasteiger partial charge in [-0.05, 0) is 0 Å². The average Bonchev–Trinajstić information content (AvgIpc) is 1.43. The first kappa shape index (κ1) is 21.6. The van der Waals surface area contributed by atoms with E-state index in [2.05, 4.69) is 8.62 Å². The van der Waals surface area contributed by atoms with E-state index in [9.17, 15) is 13.7 Å². The topological polar surface area (TPSA) is 171 Å². The highest BCUT2D eigenvalue weighted by Gasteiger charge is 2.38. The minimum Gasteiger partial charge on any atom is -0.302 e. The Morgan fingerprint density at radius 2 is 0.933 bits per heavy atom. The van der Waals surface area contributed by atoms with Gasteiger partial charge in [0.05, 0.1) is 0 Å². The monoisotopic (exact) mass is 322 g/mol. The molecule has 0 saturated heterocycles. The van der Waals surface area contributed by atoms with Crippen molar-refractivity contribution in [2.24, 2.45) is 0 Å². The number of rotatable bonds is 4. The van der Waals surface area contributed by atoms with Crippen LogP contribution in [0.25, 0.3) is 0 Å². The van der Waals surface area contributed by atoms with Gasteiger partial charge in [-0.2, -0.15) is 22.1 Å². The molecule has 5 N–H and O–H groups in total. The maximum atomic E-state index is 10.4. The first-order chi connectivity index (χ1) is 5.41. The van der Waals surface area contributed by atoms with E-state index in [4.69, 9.17) is 24.5 Å². The highest BCUT2D eigenvalue weighted by Crippen LogP contribution is 2.64. The molecule has 0 heterocycles. The molecule has 0 aromatic carbocycles. The molecular formula is H10AlO10P3S. The van der Waals surface area contributed by atoms with Gasteiger partial charge in [0.1, 0.15) is 0 Å². The van der Waals surface area contributed by atoms with Crippen LogP contribution in [0, 0.1) is 0 Å². The molecule has 94 valence electrons. The molecule has 0 aliphatic rings. The number of phosphoric acid groups is 3. The molecule has 0 spiro atoms. The molecule has 0 rings (SSSR count). The van der Waals surface area contributed by atoms with Gasteiger partial charge in [-0.15, -0.1) is 0 Å². The Kier molecular flexibility index (Phi) is 9.91. The molecule has 0 fully saturated rings. The van der Waals surface area contributed by atoms with Gasteiger partial charge in [0.25, 0.3) is 0 Å². The molecule has 15 heteroatoms. The van der Waals surface area contributed by atoms with Crippen LogP contribution in [-0.4, -0.2) is 41.8 Å². The third-order valence-electron chi connectivity index (χ3n) is 0.419.